The SMILES string of the molecule is Cc1cccc(CN(C(=O)CCCN(c2cccc(C)c2)S(C)(=O)=O)[C@@H](Cc2ccccc2)C(=O)NC(C)C)c1. The zero-order valence-corrected chi connectivity index (χ0v) is 24.9. The Morgan fingerprint density at radius 3 is 2.08 bits per heavy atom. The molecular weight excluding hydrogens is 522 g/mol. The molecule has 0 bridgehead atoms. The van der Waals surface area contributed by atoms with E-state index >= 15 is 0 Å². The Morgan fingerprint density at radius 2 is 1.48 bits per heavy atom. The Bertz CT molecular complexity index is 1390. The lowest BCUT2D eigenvalue weighted by atomic mass is 10.0. The van der Waals surface area contributed by atoms with E-state index in [1.165, 1.54) is 10.6 Å². The Kier molecular flexibility index (Phi) is 10.9. The molecule has 0 radical (unpaired) electrons. The number of anilines is 1. The van der Waals surface area contributed by atoms with E-state index in [-0.39, 0.29) is 37.4 Å². The Labute approximate surface area is 239 Å². The maximum absolute atomic E-state index is 13.9. The van der Waals surface area contributed by atoms with Crippen LogP contribution in [0.3, 0.4) is 0 Å². The molecule has 1 atom stereocenters. The number of hydrogen-bond donors (Lipinski definition) is 1. The number of nitrogens with zero attached hydrogens (tertiary/aromatic N) is 2. The monoisotopic (exact) mass is 563 g/mol. The number of carbonyl (C=O) groups is 2. The molecule has 0 aromatic heterocycles. The number of sulfonamides is 1. The van der Waals surface area contributed by atoms with Gasteiger partial charge in [-0.3, -0.25) is 13.9 Å². The molecular formula is C32H41N3O4S. The molecule has 0 saturated carbocycles. The quantitative estimate of drug-likeness (QED) is 0.317. The van der Waals surface area contributed by atoms with Gasteiger partial charge in [0.25, 0.3) is 0 Å². The normalized spacial score (nSPS) is 12.2. The van der Waals surface area contributed by atoms with Crippen LogP contribution < -0.4 is 9.62 Å². The molecule has 3 rings (SSSR count). The fourth-order valence-corrected chi connectivity index (χ4v) is 5.69. The number of hydrogen-bond acceptors (Lipinski definition) is 4. The molecule has 1 N–H and O–H groups in total. The van der Waals surface area contributed by atoms with Crippen molar-refractivity contribution in [1.29, 1.82) is 0 Å². The van der Waals surface area contributed by atoms with Crippen molar-refractivity contribution in [2.24, 2.45) is 0 Å². The van der Waals surface area contributed by atoms with E-state index in [2.05, 4.69) is 5.32 Å². The highest BCUT2D eigenvalue weighted by molar-refractivity contribution is 7.92. The third-order valence-electron chi connectivity index (χ3n) is 6.58. The van der Waals surface area contributed by atoms with E-state index in [9.17, 15) is 18.0 Å². The highest BCUT2D eigenvalue weighted by atomic mass is 32.2. The van der Waals surface area contributed by atoms with Crippen molar-refractivity contribution in [2.45, 2.75) is 65.6 Å². The largest absolute Gasteiger partial charge is 0.352 e. The fraction of sp³-hybridized carbons (Fsp3) is 0.375. The number of carbonyl (C=O) groups excluding carboxylic acids is 2. The van der Waals surface area contributed by atoms with Crippen LogP contribution in [0.4, 0.5) is 5.69 Å². The van der Waals surface area contributed by atoms with E-state index in [0.717, 1.165) is 22.3 Å². The predicted molar refractivity (Wildman–Crippen MR) is 162 cm³/mol. The topological polar surface area (TPSA) is 86.8 Å². The molecule has 8 heteroatoms. The molecule has 7 nitrogen and oxygen atoms in total. The first kappa shape index (κ1) is 30.9. The van der Waals surface area contributed by atoms with E-state index in [1.807, 2.05) is 100 Å². The minimum atomic E-state index is -3.55. The molecule has 0 aliphatic carbocycles. The van der Waals surface area contributed by atoms with Gasteiger partial charge in [0.2, 0.25) is 21.8 Å². The molecule has 3 aromatic carbocycles. The van der Waals surface area contributed by atoms with Crippen LogP contribution >= 0.6 is 0 Å². The lowest BCUT2D eigenvalue weighted by Crippen LogP contribution is -2.51. The molecule has 214 valence electrons. The van der Waals surface area contributed by atoms with Gasteiger partial charge in [-0.1, -0.05) is 72.3 Å². The van der Waals surface area contributed by atoms with Gasteiger partial charge in [0.15, 0.2) is 0 Å². The number of rotatable bonds is 13. The van der Waals surface area contributed by atoms with Gasteiger partial charge in [-0.05, 0) is 62.9 Å². The van der Waals surface area contributed by atoms with Crippen molar-refractivity contribution in [3.8, 4) is 0 Å². The summed E-state index contributed by atoms with van der Waals surface area (Å²) >= 11 is 0. The molecule has 0 unspecified atom stereocenters. The maximum Gasteiger partial charge on any atom is 0.243 e. The van der Waals surface area contributed by atoms with Gasteiger partial charge in [0, 0.05) is 32.0 Å². The standard InChI is InChI=1S/C32H41N3O4S/c1-24(2)33-32(37)30(22-27-14-7-6-8-15-27)34(23-28-16-9-12-25(3)20-28)31(36)18-11-19-35(40(5,38)39)29-17-10-13-26(4)21-29/h6-10,12-17,20-21,24,30H,11,18-19,22-23H2,1-5H3,(H,33,37)/t30-/m0/s1. The molecule has 0 aliphatic heterocycles. The summed E-state index contributed by atoms with van der Waals surface area (Å²) in [6, 6.07) is 24.1. The first-order valence-corrected chi connectivity index (χ1v) is 15.5. The number of nitrogens with one attached hydrogen (secondary N) is 1. The first-order chi connectivity index (χ1) is 18.9. The van der Waals surface area contributed by atoms with Crippen LogP contribution in [0.25, 0.3) is 0 Å². The first-order valence-electron chi connectivity index (χ1n) is 13.7. The summed E-state index contributed by atoms with van der Waals surface area (Å²) in [6.07, 6.45) is 1.96. The van der Waals surface area contributed by atoms with E-state index in [0.29, 0.717) is 18.5 Å². The lowest BCUT2D eigenvalue weighted by molar-refractivity contribution is -0.141. The van der Waals surface area contributed by atoms with Gasteiger partial charge in [-0.2, -0.15) is 0 Å². The van der Waals surface area contributed by atoms with Gasteiger partial charge in [-0.25, -0.2) is 8.42 Å². The summed E-state index contributed by atoms with van der Waals surface area (Å²) in [5.74, 6) is -0.406. The molecule has 0 spiro atoms. The van der Waals surface area contributed by atoms with Crippen molar-refractivity contribution in [2.75, 3.05) is 17.1 Å². The second kappa shape index (κ2) is 14.1. The van der Waals surface area contributed by atoms with Gasteiger partial charge < -0.3 is 10.2 Å². The van der Waals surface area contributed by atoms with E-state index in [4.69, 9.17) is 0 Å². The molecule has 2 amide bonds. The predicted octanol–water partition coefficient (Wildman–Crippen LogP) is 5.01. The number of amides is 2. The molecule has 0 fully saturated rings. The summed E-state index contributed by atoms with van der Waals surface area (Å²) in [5, 5.41) is 3.00. The van der Waals surface area contributed by atoms with Crippen LogP contribution in [0.2, 0.25) is 0 Å². The third kappa shape index (κ3) is 9.23. The molecule has 3 aromatic rings. The van der Waals surface area contributed by atoms with Crippen LogP contribution in [0, 0.1) is 13.8 Å². The summed E-state index contributed by atoms with van der Waals surface area (Å²) in [5.41, 5.74) is 4.48. The van der Waals surface area contributed by atoms with Gasteiger partial charge in [0.1, 0.15) is 6.04 Å². The summed E-state index contributed by atoms with van der Waals surface area (Å²) in [7, 11) is -3.55. The van der Waals surface area contributed by atoms with Crippen molar-refractivity contribution >= 4 is 27.5 Å². The van der Waals surface area contributed by atoms with Crippen molar-refractivity contribution in [3.63, 3.8) is 0 Å². The fourth-order valence-electron chi connectivity index (χ4n) is 4.73. The van der Waals surface area contributed by atoms with E-state index < -0.39 is 16.1 Å². The Morgan fingerprint density at radius 1 is 0.850 bits per heavy atom. The van der Waals surface area contributed by atoms with Gasteiger partial charge in [-0.15, -0.1) is 0 Å². The number of aryl methyl sites for hydroxylation is 2. The Balaban J connectivity index is 1.88. The van der Waals surface area contributed by atoms with Crippen molar-refractivity contribution in [3.05, 3.63) is 101 Å². The second-order valence-electron chi connectivity index (χ2n) is 10.7. The third-order valence-corrected chi connectivity index (χ3v) is 7.77. The lowest BCUT2D eigenvalue weighted by Gasteiger charge is -2.32. The number of benzene rings is 3. The zero-order chi connectivity index (χ0) is 29.3. The van der Waals surface area contributed by atoms with Crippen LogP contribution in [0.1, 0.15) is 48.9 Å². The zero-order valence-electron chi connectivity index (χ0n) is 24.1. The van der Waals surface area contributed by atoms with Crippen LogP contribution in [-0.2, 0) is 32.6 Å². The van der Waals surface area contributed by atoms with Crippen molar-refractivity contribution in [1.82, 2.24) is 10.2 Å². The smallest absolute Gasteiger partial charge is 0.243 e. The highest BCUT2D eigenvalue weighted by Crippen LogP contribution is 2.21. The minimum Gasteiger partial charge on any atom is -0.352 e. The average molecular weight is 564 g/mol. The molecule has 0 heterocycles. The molecule has 40 heavy (non-hydrogen) atoms. The summed E-state index contributed by atoms with van der Waals surface area (Å²) in [4.78, 5) is 29.0. The van der Waals surface area contributed by atoms with Gasteiger partial charge in [0.05, 0.1) is 11.9 Å². The van der Waals surface area contributed by atoms with Gasteiger partial charge >= 0.3 is 0 Å². The maximum atomic E-state index is 13.9. The molecule has 0 saturated heterocycles. The second-order valence-corrected chi connectivity index (χ2v) is 12.6. The summed E-state index contributed by atoms with van der Waals surface area (Å²) in [6.45, 7) is 8.13. The Hall–Kier alpha value is -3.65. The molecule has 0 aliphatic rings. The van der Waals surface area contributed by atoms with Crippen LogP contribution in [-0.4, -0.2) is 50.0 Å². The minimum absolute atomic E-state index is 0.0839. The van der Waals surface area contributed by atoms with Crippen LogP contribution in [0.5, 0.6) is 0 Å². The van der Waals surface area contributed by atoms with E-state index in [1.54, 1.807) is 11.0 Å². The van der Waals surface area contributed by atoms with Crippen LogP contribution in [0.15, 0.2) is 78.9 Å². The van der Waals surface area contributed by atoms with Crippen molar-refractivity contribution < 1.29 is 18.0 Å². The summed E-state index contributed by atoms with van der Waals surface area (Å²) < 4.78 is 26.6. The highest BCUT2D eigenvalue weighted by Gasteiger charge is 2.31. The average Bonchev–Trinajstić information content (AvgIpc) is 2.88.